The summed E-state index contributed by atoms with van der Waals surface area (Å²) in [5, 5.41) is 0. The van der Waals surface area contributed by atoms with E-state index in [0.717, 1.165) is 6.54 Å². The Balaban J connectivity index is 2.24. The molecule has 1 heteroatoms. The van der Waals surface area contributed by atoms with Crippen LogP contribution < -0.4 is 4.57 Å². The van der Waals surface area contributed by atoms with Gasteiger partial charge in [0.1, 0.15) is 0 Å². The lowest BCUT2D eigenvalue weighted by atomic mass is 10.0. The Labute approximate surface area is 90.0 Å². The fraction of sp³-hybridized carbons (Fsp3) is 0.214. The molecule has 1 nitrogen and oxygen atoms in total. The van der Waals surface area contributed by atoms with Gasteiger partial charge in [-0.2, -0.15) is 4.57 Å². The van der Waals surface area contributed by atoms with Gasteiger partial charge in [0.05, 0.1) is 5.56 Å². The predicted molar refractivity (Wildman–Crippen MR) is 60.6 cm³/mol. The van der Waals surface area contributed by atoms with E-state index >= 15 is 0 Å². The zero-order chi connectivity index (χ0) is 10.4. The maximum absolute atomic E-state index is 2.33. The lowest BCUT2D eigenvalue weighted by Gasteiger charge is -1.95. The Morgan fingerprint density at radius 3 is 2.67 bits per heavy atom. The first-order chi connectivity index (χ1) is 7.24. The number of benzene rings is 1. The molecule has 0 spiro atoms. The highest BCUT2D eigenvalue weighted by Gasteiger charge is 2.25. The second kappa shape index (κ2) is 2.93. The van der Waals surface area contributed by atoms with Crippen molar-refractivity contribution < 1.29 is 4.57 Å². The third kappa shape index (κ3) is 1.27. The molecule has 0 saturated heterocycles. The molecule has 1 aromatic heterocycles. The van der Waals surface area contributed by atoms with Crippen molar-refractivity contribution in [1.29, 1.82) is 0 Å². The van der Waals surface area contributed by atoms with E-state index in [-0.39, 0.29) is 0 Å². The maximum Gasteiger partial charge on any atom is 0.213 e. The zero-order valence-electron chi connectivity index (χ0n) is 9.12. The van der Waals surface area contributed by atoms with Crippen molar-refractivity contribution in [3.63, 3.8) is 0 Å². The lowest BCUT2D eigenvalue weighted by molar-refractivity contribution is -0.672. The molecular formula is C14H14N+. The first-order valence-electron chi connectivity index (χ1n) is 5.34. The number of rotatable bonds is 0. The minimum absolute atomic E-state index is 1.02. The SMILES string of the molecule is Cc1ccc2c(c1)C[n+]1cc(C)ccc1-2. The quantitative estimate of drug-likeness (QED) is 0.487. The number of pyridine rings is 1. The summed E-state index contributed by atoms with van der Waals surface area (Å²) in [6.07, 6.45) is 2.23. The van der Waals surface area contributed by atoms with Gasteiger partial charge < -0.3 is 0 Å². The summed E-state index contributed by atoms with van der Waals surface area (Å²) in [7, 11) is 0. The number of aromatic nitrogens is 1. The van der Waals surface area contributed by atoms with Gasteiger partial charge in [-0.15, -0.1) is 0 Å². The lowest BCUT2D eigenvalue weighted by Crippen LogP contribution is -2.32. The number of fused-ring (bicyclic) bond motifs is 3. The summed E-state index contributed by atoms with van der Waals surface area (Å²) < 4.78 is 2.33. The van der Waals surface area contributed by atoms with E-state index in [9.17, 15) is 0 Å². The maximum atomic E-state index is 2.33. The molecule has 0 radical (unpaired) electrons. The van der Waals surface area contributed by atoms with E-state index in [1.54, 1.807) is 0 Å². The standard InChI is InChI=1S/C14H14N/c1-10-3-5-13-12(7-10)9-15-8-11(2)4-6-14(13)15/h3-8H,9H2,1-2H3/q+1. The summed E-state index contributed by atoms with van der Waals surface area (Å²) in [5.74, 6) is 0. The number of aryl methyl sites for hydroxylation is 2. The summed E-state index contributed by atoms with van der Waals surface area (Å²) in [4.78, 5) is 0. The summed E-state index contributed by atoms with van der Waals surface area (Å²) >= 11 is 0. The number of hydrogen-bond donors (Lipinski definition) is 0. The highest BCUT2D eigenvalue weighted by Crippen LogP contribution is 2.27. The van der Waals surface area contributed by atoms with Crippen molar-refractivity contribution >= 4 is 0 Å². The van der Waals surface area contributed by atoms with Gasteiger partial charge >= 0.3 is 0 Å². The Bertz CT molecular complexity index is 492. The second-order valence-corrected chi connectivity index (χ2v) is 4.38. The Kier molecular flexibility index (Phi) is 1.69. The van der Waals surface area contributed by atoms with Gasteiger partial charge in [-0.05, 0) is 32.0 Å². The van der Waals surface area contributed by atoms with Gasteiger partial charge in [-0.3, -0.25) is 0 Å². The van der Waals surface area contributed by atoms with Crippen LogP contribution in [0.3, 0.4) is 0 Å². The molecule has 0 unspecified atom stereocenters. The Hall–Kier alpha value is -1.63. The molecule has 0 bridgehead atoms. The highest BCUT2D eigenvalue weighted by molar-refractivity contribution is 5.63. The Morgan fingerprint density at radius 1 is 1.00 bits per heavy atom. The van der Waals surface area contributed by atoms with E-state index in [4.69, 9.17) is 0 Å². The monoisotopic (exact) mass is 196 g/mol. The molecule has 0 fully saturated rings. The summed E-state index contributed by atoms with van der Waals surface area (Å²) in [6, 6.07) is 11.1. The van der Waals surface area contributed by atoms with Crippen molar-refractivity contribution in [3.05, 3.63) is 53.2 Å². The number of hydrogen-bond acceptors (Lipinski definition) is 0. The summed E-state index contributed by atoms with van der Waals surface area (Å²) in [5.41, 5.74) is 6.85. The third-order valence-corrected chi connectivity index (χ3v) is 3.05. The van der Waals surface area contributed by atoms with E-state index in [0.29, 0.717) is 0 Å². The smallest absolute Gasteiger partial charge is 0.194 e. The first kappa shape index (κ1) is 8.66. The van der Waals surface area contributed by atoms with E-state index < -0.39 is 0 Å². The molecule has 2 heterocycles. The molecule has 15 heavy (non-hydrogen) atoms. The third-order valence-electron chi connectivity index (χ3n) is 3.05. The topological polar surface area (TPSA) is 3.88 Å². The van der Waals surface area contributed by atoms with Crippen molar-refractivity contribution in [2.75, 3.05) is 0 Å². The van der Waals surface area contributed by atoms with Crippen molar-refractivity contribution in [1.82, 2.24) is 0 Å². The normalized spacial score (nSPS) is 12.4. The van der Waals surface area contributed by atoms with Gasteiger partial charge in [0, 0.05) is 17.2 Å². The number of nitrogens with zero attached hydrogens (tertiary/aromatic N) is 1. The average Bonchev–Trinajstić information content (AvgIpc) is 2.53. The van der Waals surface area contributed by atoms with Gasteiger partial charge in [0.15, 0.2) is 12.7 Å². The molecule has 2 aromatic rings. The van der Waals surface area contributed by atoms with Crippen LogP contribution in [0.5, 0.6) is 0 Å². The van der Waals surface area contributed by atoms with Crippen LogP contribution in [0.25, 0.3) is 11.3 Å². The fourth-order valence-electron chi connectivity index (χ4n) is 2.33. The van der Waals surface area contributed by atoms with E-state index in [2.05, 4.69) is 54.9 Å². The Morgan fingerprint density at radius 2 is 1.80 bits per heavy atom. The fourth-order valence-corrected chi connectivity index (χ4v) is 2.33. The molecule has 1 aliphatic rings. The van der Waals surface area contributed by atoms with Crippen LogP contribution in [0.15, 0.2) is 36.5 Å². The van der Waals surface area contributed by atoms with Crippen molar-refractivity contribution in [2.24, 2.45) is 0 Å². The van der Waals surface area contributed by atoms with Gasteiger partial charge in [-0.1, -0.05) is 11.6 Å². The van der Waals surface area contributed by atoms with Gasteiger partial charge in [0.25, 0.3) is 0 Å². The largest absolute Gasteiger partial charge is 0.213 e. The molecule has 0 aliphatic carbocycles. The highest BCUT2D eigenvalue weighted by atomic mass is 15.0. The van der Waals surface area contributed by atoms with Crippen LogP contribution in [0.4, 0.5) is 0 Å². The molecule has 1 aromatic carbocycles. The van der Waals surface area contributed by atoms with E-state index in [1.807, 2.05) is 0 Å². The zero-order valence-corrected chi connectivity index (χ0v) is 9.12. The average molecular weight is 196 g/mol. The molecule has 1 aliphatic heterocycles. The van der Waals surface area contributed by atoms with Gasteiger partial charge in [-0.25, -0.2) is 0 Å². The van der Waals surface area contributed by atoms with Crippen LogP contribution in [0, 0.1) is 13.8 Å². The van der Waals surface area contributed by atoms with E-state index in [1.165, 1.54) is 27.9 Å². The summed E-state index contributed by atoms with van der Waals surface area (Å²) in [6.45, 7) is 5.31. The molecular weight excluding hydrogens is 182 g/mol. The molecule has 0 saturated carbocycles. The molecule has 3 rings (SSSR count). The molecule has 0 amide bonds. The minimum atomic E-state index is 1.02. The van der Waals surface area contributed by atoms with Crippen molar-refractivity contribution in [3.8, 4) is 11.3 Å². The second-order valence-electron chi connectivity index (χ2n) is 4.38. The van der Waals surface area contributed by atoms with Gasteiger partial charge in [0.2, 0.25) is 5.69 Å². The van der Waals surface area contributed by atoms with Crippen LogP contribution in [-0.2, 0) is 6.54 Å². The van der Waals surface area contributed by atoms with Crippen LogP contribution in [-0.4, -0.2) is 0 Å². The molecule has 0 atom stereocenters. The van der Waals surface area contributed by atoms with Crippen molar-refractivity contribution in [2.45, 2.75) is 20.4 Å². The first-order valence-corrected chi connectivity index (χ1v) is 5.34. The van der Waals surface area contributed by atoms with Crippen LogP contribution >= 0.6 is 0 Å². The van der Waals surface area contributed by atoms with Crippen LogP contribution in [0.2, 0.25) is 0 Å². The molecule has 74 valence electrons. The minimum Gasteiger partial charge on any atom is -0.194 e. The predicted octanol–water partition coefficient (Wildman–Crippen LogP) is 2.62. The molecule has 0 N–H and O–H groups in total. The van der Waals surface area contributed by atoms with Crippen LogP contribution in [0.1, 0.15) is 16.7 Å².